The van der Waals surface area contributed by atoms with E-state index >= 15 is 0 Å². The minimum Gasteiger partial charge on any atom is -0.357 e. The van der Waals surface area contributed by atoms with Gasteiger partial charge in [-0.2, -0.15) is 0 Å². The molecule has 2 N–H and O–H groups in total. The van der Waals surface area contributed by atoms with Crippen molar-refractivity contribution in [3.05, 3.63) is 35.4 Å². The van der Waals surface area contributed by atoms with E-state index in [-0.39, 0.29) is 29.9 Å². The Bertz CT molecular complexity index is 722. The van der Waals surface area contributed by atoms with Gasteiger partial charge in [0.25, 0.3) is 0 Å². The van der Waals surface area contributed by atoms with Gasteiger partial charge in [-0.3, -0.25) is 9.79 Å². The smallest absolute Gasteiger partial charge is 0.222 e. The van der Waals surface area contributed by atoms with Gasteiger partial charge in [0.05, 0.1) is 0 Å². The molecule has 1 saturated heterocycles. The summed E-state index contributed by atoms with van der Waals surface area (Å²) in [5.41, 5.74) is 3.11. The highest BCUT2D eigenvalue weighted by Crippen LogP contribution is 2.59. The molecule has 0 bridgehead atoms. The molecule has 4 atom stereocenters. The van der Waals surface area contributed by atoms with Gasteiger partial charge in [0, 0.05) is 38.6 Å². The summed E-state index contributed by atoms with van der Waals surface area (Å²) < 4.78 is 0. The molecule has 4 rings (SSSR count). The zero-order valence-electron chi connectivity index (χ0n) is 17.0. The third kappa shape index (κ3) is 4.47. The van der Waals surface area contributed by atoms with Crippen molar-refractivity contribution in [2.45, 2.75) is 51.5 Å². The zero-order chi connectivity index (χ0) is 18.8. The number of carbonyl (C=O) groups is 1. The Morgan fingerprint density at radius 2 is 2.07 bits per heavy atom. The van der Waals surface area contributed by atoms with E-state index in [1.54, 1.807) is 11.1 Å². The number of benzene rings is 1. The highest BCUT2D eigenvalue weighted by Gasteiger charge is 2.52. The van der Waals surface area contributed by atoms with Crippen molar-refractivity contribution in [1.29, 1.82) is 0 Å². The number of likely N-dealkylation sites (tertiary alicyclic amines) is 1. The third-order valence-corrected chi connectivity index (χ3v) is 6.48. The van der Waals surface area contributed by atoms with Crippen LogP contribution in [-0.4, -0.2) is 49.0 Å². The number of hydrogen-bond donors (Lipinski definition) is 2. The van der Waals surface area contributed by atoms with E-state index < -0.39 is 0 Å². The first kappa shape index (κ1) is 21.4. The Hall–Kier alpha value is -1.31. The van der Waals surface area contributed by atoms with Crippen LogP contribution in [0.4, 0.5) is 0 Å². The maximum atomic E-state index is 11.9. The molecule has 1 aromatic carbocycles. The largest absolute Gasteiger partial charge is 0.357 e. The number of fused-ring (bicyclic) bond motifs is 3. The fourth-order valence-corrected chi connectivity index (χ4v) is 5.00. The molecule has 28 heavy (non-hydrogen) atoms. The Morgan fingerprint density at radius 1 is 1.25 bits per heavy atom. The predicted molar refractivity (Wildman–Crippen MR) is 124 cm³/mol. The predicted octanol–water partition coefficient (Wildman–Crippen LogP) is 3.15. The lowest BCUT2D eigenvalue weighted by Gasteiger charge is -2.18. The van der Waals surface area contributed by atoms with E-state index in [0.717, 1.165) is 44.5 Å². The van der Waals surface area contributed by atoms with Crippen LogP contribution in [0, 0.1) is 11.8 Å². The lowest BCUT2D eigenvalue weighted by molar-refractivity contribution is -0.129. The highest BCUT2D eigenvalue weighted by atomic mass is 127. The standard InChI is InChI=1S/C22H32N4O.HI/c1-3-20(27)26-12-11-16(14-26)25-22(23-4-2)24-13-19-18-10-9-15-7-5-6-8-17(15)21(18)19;/h5-8,16,18-19,21H,3-4,9-14H2,1-2H3,(H2,23,24,25);1H. The summed E-state index contributed by atoms with van der Waals surface area (Å²) in [5.74, 6) is 3.37. The number of rotatable bonds is 5. The van der Waals surface area contributed by atoms with E-state index in [1.165, 1.54) is 12.8 Å². The number of guanidine groups is 1. The minimum atomic E-state index is 0. The van der Waals surface area contributed by atoms with E-state index in [2.05, 4.69) is 41.8 Å². The summed E-state index contributed by atoms with van der Waals surface area (Å²) in [5, 5.41) is 6.94. The Kier molecular flexibility index (Phi) is 7.23. The maximum absolute atomic E-state index is 11.9. The van der Waals surface area contributed by atoms with Crippen molar-refractivity contribution < 1.29 is 4.79 Å². The fourth-order valence-electron chi connectivity index (χ4n) is 5.00. The third-order valence-electron chi connectivity index (χ3n) is 6.48. The molecule has 3 aliphatic rings. The molecule has 1 amide bonds. The Morgan fingerprint density at radius 3 is 2.86 bits per heavy atom. The lowest BCUT2D eigenvalue weighted by Crippen LogP contribution is -2.45. The van der Waals surface area contributed by atoms with Crippen molar-refractivity contribution >= 4 is 35.8 Å². The van der Waals surface area contributed by atoms with Crippen LogP contribution in [0.3, 0.4) is 0 Å². The molecule has 4 unspecified atom stereocenters. The second-order valence-corrected chi connectivity index (χ2v) is 8.13. The first-order valence-corrected chi connectivity index (χ1v) is 10.6. The number of aryl methyl sites for hydroxylation is 1. The van der Waals surface area contributed by atoms with Gasteiger partial charge in [-0.15, -0.1) is 24.0 Å². The normalized spacial score (nSPS) is 28.1. The summed E-state index contributed by atoms with van der Waals surface area (Å²) in [6, 6.07) is 9.25. The zero-order valence-corrected chi connectivity index (χ0v) is 19.3. The molecule has 1 aliphatic heterocycles. The Labute approximate surface area is 185 Å². The van der Waals surface area contributed by atoms with Crippen LogP contribution in [-0.2, 0) is 11.2 Å². The number of nitrogens with one attached hydrogen (secondary N) is 2. The van der Waals surface area contributed by atoms with E-state index in [4.69, 9.17) is 4.99 Å². The molecule has 0 aromatic heterocycles. The summed E-state index contributed by atoms with van der Waals surface area (Å²) in [7, 11) is 0. The van der Waals surface area contributed by atoms with Gasteiger partial charge in [-0.05, 0) is 55.1 Å². The van der Waals surface area contributed by atoms with Gasteiger partial charge in [-0.1, -0.05) is 31.2 Å². The van der Waals surface area contributed by atoms with Crippen LogP contribution < -0.4 is 10.6 Å². The van der Waals surface area contributed by atoms with Crippen molar-refractivity contribution in [3.8, 4) is 0 Å². The molecule has 154 valence electrons. The van der Waals surface area contributed by atoms with Gasteiger partial charge in [0.2, 0.25) is 5.91 Å². The fraction of sp³-hybridized carbons (Fsp3) is 0.636. The van der Waals surface area contributed by atoms with Gasteiger partial charge < -0.3 is 15.5 Å². The highest BCUT2D eigenvalue weighted by molar-refractivity contribution is 14.0. The Balaban J connectivity index is 0.00000225. The second kappa shape index (κ2) is 9.46. The molecule has 1 heterocycles. The van der Waals surface area contributed by atoms with Crippen LogP contribution in [0.25, 0.3) is 0 Å². The summed E-state index contributed by atoms with van der Waals surface area (Å²) >= 11 is 0. The summed E-state index contributed by atoms with van der Waals surface area (Å²) in [6.07, 6.45) is 4.12. The van der Waals surface area contributed by atoms with Crippen LogP contribution in [0.15, 0.2) is 29.3 Å². The van der Waals surface area contributed by atoms with Gasteiger partial charge in [0.15, 0.2) is 5.96 Å². The van der Waals surface area contributed by atoms with E-state index in [9.17, 15) is 4.79 Å². The molecule has 5 nitrogen and oxygen atoms in total. The van der Waals surface area contributed by atoms with Crippen LogP contribution in [0.5, 0.6) is 0 Å². The van der Waals surface area contributed by atoms with Crippen molar-refractivity contribution in [2.24, 2.45) is 16.8 Å². The van der Waals surface area contributed by atoms with Gasteiger partial charge >= 0.3 is 0 Å². The van der Waals surface area contributed by atoms with E-state index in [1.807, 2.05) is 11.8 Å². The number of carbonyl (C=O) groups excluding carboxylic acids is 1. The molecular formula is C22H33IN4O. The number of nitrogens with zero attached hydrogens (tertiary/aromatic N) is 2. The lowest BCUT2D eigenvalue weighted by atomic mass is 9.92. The minimum absolute atomic E-state index is 0. The number of amides is 1. The molecule has 2 aliphatic carbocycles. The van der Waals surface area contributed by atoms with Crippen LogP contribution >= 0.6 is 24.0 Å². The number of hydrogen-bond acceptors (Lipinski definition) is 2. The molecule has 2 fully saturated rings. The molecule has 1 saturated carbocycles. The monoisotopic (exact) mass is 496 g/mol. The topological polar surface area (TPSA) is 56.7 Å². The summed E-state index contributed by atoms with van der Waals surface area (Å²) in [6.45, 7) is 7.43. The first-order chi connectivity index (χ1) is 13.2. The van der Waals surface area contributed by atoms with Gasteiger partial charge in [0.1, 0.15) is 0 Å². The average Bonchev–Trinajstić information content (AvgIpc) is 3.22. The second-order valence-electron chi connectivity index (χ2n) is 8.13. The van der Waals surface area contributed by atoms with Crippen LogP contribution in [0.1, 0.15) is 50.2 Å². The van der Waals surface area contributed by atoms with Gasteiger partial charge in [-0.25, -0.2) is 0 Å². The molecular weight excluding hydrogens is 463 g/mol. The molecule has 6 heteroatoms. The molecule has 0 spiro atoms. The van der Waals surface area contributed by atoms with Crippen molar-refractivity contribution in [2.75, 3.05) is 26.2 Å². The average molecular weight is 496 g/mol. The van der Waals surface area contributed by atoms with Crippen LogP contribution in [0.2, 0.25) is 0 Å². The van der Waals surface area contributed by atoms with E-state index in [0.29, 0.717) is 24.3 Å². The summed E-state index contributed by atoms with van der Waals surface area (Å²) in [4.78, 5) is 18.8. The van der Waals surface area contributed by atoms with Crippen molar-refractivity contribution in [1.82, 2.24) is 15.5 Å². The SMILES string of the molecule is CCNC(=NCC1C2CCc3ccccc3C21)NC1CCN(C(=O)CC)C1.I. The first-order valence-electron chi connectivity index (χ1n) is 10.6. The van der Waals surface area contributed by atoms with Crippen molar-refractivity contribution in [3.63, 3.8) is 0 Å². The molecule has 0 radical (unpaired) electrons. The number of halogens is 1. The number of aliphatic imine (C=N–C) groups is 1. The molecule has 1 aromatic rings. The quantitative estimate of drug-likeness (QED) is 0.374. The maximum Gasteiger partial charge on any atom is 0.222 e.